The zero-order chi connectivity index (χ0) is 16.8. The van der Waals surface area contributed by atoms with Gasteiger partial charge in [-0.25, -0.2) is 0 Å². The molecule has 0 saturated heterocycles. The minimum Gasteiger partial charge on any atom is -0.444 e. The van der Waals surface area contributed by atoms with E-state index in [9.17, 15) is 9.59 Å². The minimum absolute atomic E-state index is 0.0475. The minimum atomic E-state index is -0.335. The second-order valence-electron chi connectivity index (χ2n) is 5.14. The Morgan fingerprint density at radius 1 is 1.22 bits per heavy atom. The maximum Gasteiger partial charge on any atom is 0.291 e. The van der Waals surface area contributed by atoms with E-state index in [-0.39, 0.29) is 30.0 Å². The monoisotopic (exact) mass is 379 g/mol. The molecule has 2 rings (SSSR count). The van der Waals surface area contributed by atoms with Crippen LogP contribution in [0.1, 0.15) is 23.0 Å². The van der Waals surface area contributed by atoms with Crippen LogP contribution in [0.3, 0.4) is 0 Å². The van der Waals surface area contributed by atoms with Crippen LogP contribution in [0.15, 0.2) is 45.5 Å². The van der Waals surface area contributed by atoms with Gasteiger partial charge in [0.15, 0.2) is 10.4 Å². The summed E-state index contributed by atoms with van der Waals surface area (Å²) in [6, 6.07) is 10.3. The Hall–Kier alpha value is -2.12. The molecule has 0 saturated carbocycles. The van der Waals surface area contributed by atoms with Crippen molar-refractivity contribution in [3.63, 3.8) is 0 Å². The first-order chi connectivity index (χ1) is 11.0. The molecule has 1 aromatic heterocycles. The van der Waals surface area contributed by atoms with Crippen molar-refractivity contribution >= 4 is 33.4 Å². The Balaban J connectivity index is 1.91. The average molecular weight is 380 g/mol. The summed E-state index contributed by atoms with van der Waals surface area (Å²) < 4.78 is 5.68. The first-order valence-corrected chi connectivity index (χ1v) is 7.92. The Bertz CT molecular complexity index is 682. The summed E-state index contributed by atoms with van der Waals surface area (Å²) >= 11 is 3.15. The van der Waals surface area contributed by atoms with Crippen LogP contribution in [0, 0.1) is 0 Å². The molecule has 23 heavy (non-hydrogen) atoms. The maximum absolute atomic E-state index is 11.9. The molecular formula is C16H18BrN3O3. The van der Waals surface area contributed by atoms with E-state index in [2.05, 4.69) is 26.6 Å². The zero-order valence-electron chi connectivity index (χ0n) is 12.6. The molecule has 6 nitrogen and oxygen atoms in total. The van der Waals surface area contributed by atoms with Gasteiger partial charge in [0, 0.05) is 18.3 Å². The van der Waals surface area contributed by atoms with Gasteiger partial charge in [-0.3, -0.25) is 9.59 Å². The highest BCUT2D eigenvalue weighted by atomic mass is 79.9. The lowest BCUT2D eigenvalue weighted by Gasteiger charge is -2.11. The third kappa shape index (κ3) is 5.22. The molecule has 0 unspecified atom stereocenters. The number of hydrogen-bond acceptors (Lipinski definition) is 4. The molecule has 0 aliphatic rings. The lowest BCUT2D eigenvalue weighted by atomic mass is 10.1. The van der Waals surface area contributed by atoms with E-state index >= 15 is 0 Å². The van der Waals surface area contributed by atoms with E-state index in [0.717, 1.165) is 5.56 Å². The molecule has 2 amide bonds. The highest BCUT2D eigenvalue weighted by Gasteiger charge is 2.11. The third-order valence-electron chi connectivity index (χ3n) is 3.13. The van der Waals surface area contributed by atoms with Gasteiger partial charge in [0.25, 0.3) is 5.91 Å². The number of carbonyl (C=O) groups excluding carboxylic acids is 2. The molecule has 1 atom stereocenters. The first-order valence-electron chi connectivity index (χ1n) is 7.13. The standard InChI is InChI=1S/C16H18BrN3O3/c1-10(9-18)19-15(21)8-11-2-4-12(5-3-11)20-16(22)13-6-7-14(17)23-13/h2-7,10H,8-9,18H2,1H3,(H,19,21)(H,20,22)/t10-/m0/s1. The van der Waals surface area contributed by atoms with E-state index in [1.54, 1.807) is 36.4 Å². The Morgan fingerprint density at radius 3 is 2.48 bits per heavy atom. The van der Waals surface area contributed by atoms with Crippen molar-refractivity contribution in [2.24, 2.45) is 5.73 Å². The van der Waals surface area contributed by atoms with Crippen LogP contribution in [0.5, 0.6) is 0 Å². The molecule has 122 valence electrons. The quantitative estimate of drug-likeness (QED) is 0.716. The number of rotatable bonds is 6. The first kappa shape index (κ1) is 17.2. The van der Waals surface area contributed by atoms with Gasteiger partial charge in [-0.05, 0) is 52.7 Å². The van der Waals surface area contributed by atoms with Crippen molar-refractivity contribution in [2.45, 2.75) is 19.4 Å². The second-order valence-corrected chi connectivity index (χ2v) is 5.92. The number of carbonyl (C=O) groups is 2. The molecule has 0 radical (unpaired) electrons. The number of halogens is 1. The summed E-state index contributed by atoms with van der Waals surface area (Å²) in [5.41, 5.74) is 6.94. The van der Waals surface area contributed by atoms with Crippen molar-refractivity contribution in [1.82, 2.24) is 5.32 Å². The summed E-state index contributed by atoms with van der Waals surface area (Å²) in [5, 5.41) is 5.52. The molecule has 0 fully saturated rings. The molecule has 4 N–H and O–H groups in total. The van der Waals surface area contributed by atoms with E-state index in [0.29, 0.717) is 16.9 Å². The summed E-state index contributed by atoms with van der Waals surface area (Å²) in [7, 11) is 0. The van der Waals surface area contributed by atoms with Gasteiger partial charge in [0.05, 0.1) is 6.42 Å². The lowest BCUT2D eigenvalue weighted by Crippen LogP contribution is -2.38. The lowest BCUT2D eigenvalue weighted by molar-refractivity contribution is -0.120. The summed E-state index contributed by atoms with van der Waals surface area (Å²) in [6.45, 7) is 2.25. The Morgan fingerprint density at radius 2 is 1.91 bits per heavy atom. The van der Waals surface area contributed by atoms with Crippen LogP contribution in [-0.2, 0) is 11.2 Å². The highest BCUT2D eigenvalue weighted by molar-refractivity contribution is 9.10. The third-order valence-corrected chi connectivity index (χ3v) is 3.56. The second kappa shape index (κ2) is 7.94. The number of hydrogen-bond donors (Lipinski definition) is 3. The molecule has 0 spiro atoms. The van der Waals surface area contributed by atoms with Gasteiger partial charge >= 0.3 is 0 Å². The Kier molecular flexibility index (Phi) is 5.95. The molecule has 0 aliphatic heterocycles. The van der Waals surface area contributed by atoms with Gasteiger partial charge in [-0.15, -0.1) is 0 Å². The number of furan rings is 1. The maximum atomic E-state index is 11.9. The number of nitrogens with one attached hydrogen (secondary N) is 2. The van der Waals surface area contributed by atoms with Gasteiger partial charge in [-0.2, -0.15) is 0 Å². The molecule has 7 heteroatoms. The van der Waals surface area contributed by atoms with E-state index in [1.165, 1.54) is 0 Å². The van der Waals surface area contributed by atoms with Crippen LogP contribution < -0.4 is 16.4 Å². The van der Waals surface area contributed by atoms with Crippen LogP contribution in [-0.4, -0.2) is 24.4 Å². The molecular weight excluding hydrogens is 362 g/mol. The number of nitrogens with two attached hydrogens (primary N) is 1. The van der Waals surface area contributed by atoms with Crippen molar-refractivity contribution in [3.8, 4) is 0 Å². The van der Waals surface area contributed by atoms with Crippen LogP contribution in [0.2, 0.25) is 0 Å². The van der Waals surface area contributed by atoms with Gasteiger partial charge in [0.1, 0.15) is 0 Å². The summed E-state index contributed by atoms with van der Waals surface area (Å²) in [5.74, 6) is -0.200. The zero-order valence-corrected chi connectivity index (χ0v) is 14.2. The van der Waals surface area contributed by atoms with Gasteiger partial charge in [-0.1, -0.05) is 12.1 Å². The summed E-state index contributed by atoms with van der Waals surface area (Å²) in [6.07, 6.45) is 0.268. The highest BCUT2D eigenvalue weighted by Crippen LogP contribution is 2.16. The normalized spacial score (nSPS) is 11.8. The smallest absolute Gasteiger partial charge is 0.291 e. The topological polar surface area (TPSA) is 97.4 Å². The predicted octanol–water partition coefficient (Wildman–Crippen LogP) is 2.30. The number of amides is 2. The van der Waals surface area contributed by atoms with Crippen LogP contribution in [0.4, 0.5) is 5.69 Å². The molecule has 0 aliphatic carbocycles. The van der Waals surface area contributed by atoms with Crippen molar-refractivity contribution in [1.29, 1.82) is 0 Å². The van der Waals surface area contributed by atoms with Gasteiger partial charge < -0.3 is 20.8 Å². The van der Waals surface area contributed by atoms with E-state index < -0.39 is 0 Å². The van der Waals surface area contributed by atoms with E-state index in [1.807, 2.05) is 6.92 Å². The fraction of sp³-hybridized carbons (Fsp3) is 0.250. The van der Waals surface area contributed by atoms with Crippen molar-refractivity contribution < 1.29 is 14.0 Å². The summed E-state index contributed by atoms with van der Waals surface area (Å²) in [4.78, 5) is 23.7. The average Bonchev–Trinajstić information content (AvgIpc) is 2.95. The van der Waals surface area contributed by atoms with Crippen molar-refractivity contribution in [3.05, 3.63) is 52.4 Å². The molecule has 2 aromatic rings. The predicted molar refractivity (Wildman–Crippen MR) is 91.2 cm³/mol. The number of anilines is 1. The van der Waals surface area contributed by atoms with Crippen molar-refractivity contribution in [2.75, 3.05) is 11.9 Å². The Labute approximate surface area is 142 Å². The molecule has 1 aromatic carbocycles. The van der Waals surface area contributed by atoms with Crippen LogP contribution >= 0.6 is 15.9 Å². The molecule has 1 heterocycles. The SMILES string of the molecule is C[C@@H](CN)NC(=O)Cc1ccc(NC(=O)c2ccc(Br)o2)cc1. The van der Waals surface area contributed by atoms with E-state index in [4.69, 9.17) is 10.2 Å². The fourth-order valence-electron chi connectivity index (χ4n) is 1.91. The molecule has 0 bridgehead atoms. The fourth-order valence-corrected chi connectivity index (χ4v) is 2.21. The largest absolute Gasteiger partial charge is 0.444 e. The van der Waals surface area contributed by atoms with Crippen LogP contribution in [0.25, 0.3) is 0 Å². The van der Waals surface area contributed by atoms with Gasteiger partial charge in [0.2, 0.25) is 5.91 Å². The number of benzene rings is 1.